The Morgan fingerprint density at radius 2 is 1.88 bits per heavy atom. The molecule has 0 unspecified atom stereocenters. The van der Waals surface area contributed by atoms with Gasteiger partial charge in [-0.25, -0.2) is 8.42 Å². The van der Waals surface area contributed by atoms with E-state index in [2.05, 4.69) is 11.4 Å². The number of carbonyl (C=O) groups is 1. The van der Waals surface area contributed by atoms with Crippen LogP contribution in [-0.4, -0.2) is 31.7 Å². The van der Waals surface area contributed by atoms with E-state index in [1.54, 1.807) is 12.1 Å². The summed E-state index contributed by atoms with van der Waals surface area (Å²) >= 11 is 0. The van der Waals surface area contributed by atoms with E-state index in [0.29, 0.717) is 18.8 Å². The summed E-state index contributed by atoms with van der Waals surface area (Å²) in [5, 5.41) is 2.95. The summed E-state index contributed by atoms with van der Waals surface area (Å²) in [5.74, 6) is -0.0861. The second-order valence-electron chi connectivity index (χ2n) is 6.47. The molecule has 0 saturated carbocycles. The maximum atomic E-state index is 12.8. The Labute approximate surface area is 151 Å². The van der Waals surface area contributed by atoms with Gasteiger partial charge in [-0.3, -0.25) is 4.79 Å². The molecule has 1 aromatic carbocycles. The molecular formula is C19H28N2O3S. The summed E-state index contributed by atoms with van der Waals surface area (Å²) in [6.45, 7) is 8.25. The number of rotatable bonds is 6. The van der Waals surface area contributed by atoms with Crippen molar-refractivity contribution in [2.45, 2.75) is 51.9 Å². The van der Waals surface area contributed by atoms with Gasteiger partial charge in [-0.05, 0) is 56.4 Å². The Hall–Kier alpha value is -1.66. The van der Waals surface area contributed by atoms with Crippen LogP contribution in [0.3, 0.4) is 0 Å². The lowest BCUT2D eigenvalue weighted by molar-refractivity contribution is -0.120. The standard InChI is InChI=1S/C19H28N2O3S/c1-5-21(6-2)25(23,24)17-12-14(3)15(4)18(13-17)20-19(22)16-10-8-7-9-11-16/h7-8,12-13,16H,5-6,9-11H2,1-4H3,(H,20,22)/t16-/m0/s1. The smallest absolute Gasteiger partial charge is 0.243 e. The number of allylic oxidation sites excluding steroid dienone is 2. The molecule has 0 bridgehead atoms. The highest BCUT2D eigenvalue weighted by atomic mass is 32.2. The number of benzene rings is 1. The van der Waals surface area contributed by atoms with Gasteiger partial charge in [0.25, 0.3) is 0 Å². The topological polar surface area (TPSA) is 66.5 Å². The van der Waals surface area contributed by atoms with E-state index >= 15 is 0 Å². The maximum Gasteiger partial charge on any atom is 0.243 e. The zero-order valence-corrected chi connectivity index (χ0v) is 16.3. The Kier molecular flexibility index (Phi) is 6.41. The minimum Gasteiger partial charge on any atom is -0.326 e. The van der Waals surface area contributed by atoms with Crippen LogP contribution in [0.25, 0.3) is 0 Å². The molecule has 0 radical (unpaired) electrons. The van der Waals surface area contributed by atoms with Crippen molar-refractivity contribution in [3.63, 3.8) is 0 Å². The minimum absolute atomic E-state index is 0.0377. The van der Waals surface area contributed by atoms with Crippen LogP contribution in [0, 0.1) is 19.8 Å². The zero-order valence-electron chi connectivity index (χ0n) is 15.5. The monoisotopic (exact) mass is 364 g/mol. The molecule has 1 N–H and O–H groups in total. The molecule has 1 amide bonds. The second-order valence-corrected chi connectivity index (χ2v) is 8.41. The molecule has 0 saturated heterocycles. The Morgan fingerprint density at radius 1 is 1.20 bits per heavy atom. The number of nitrogens with zero attached hydrogens (tertiary/aromatic N) is 1. The van der Waals surface area contributed by atoms with Gasteiger partial charge in [0.15, 0.2) is 0 Å². The van der Waals surface area contributed by atoms with Crippen molar-refractivity contribution in [2.75, 3.05) is 18.4 Å². The predicted octanol–water partition coefficient (Wildman–Crippen LogP) is 3.63. The van der Waals surface area contributed by atoms with Crippen LogP contribution in [0.4, 0.5) is 5.69 Å². The lowest BCUT2D eigenvalue weighted by atomic mass is 9.93. The van der Waals surface area contributed by atoms with Gasteiger partial charge in [0.1, 0.15) is 0 Å². The van der Waals surface area contributed by atoms with Gasteiger partial charge in [0.2, 0.25) is 15.9 Å². The predicted molar refractivity (Wildman–Crippen MR) is 101 cm³/mol. The number of amides is 1. The average Bonchev–Trinajstić information content (AvgIpc) is 2.60. The number of anilines is 1. The number of aryl methyl sites for hydroxylation is 1. The molecule has 5 nitrogen and oxygen atoms in total. The fraction of sp³-hybridized carbons (Fsp3) is 0.526. The maximum absolute atomic E-state index is 12.8. The van der Waals surface area contributed by atoms with Crippen molar-refractivity contribution < 1.29 is 13.2 Å². The third kappa shape index (κ3) is 4.30. The SMILES string of the molecule is CCN(CC)S(=O)(=O)c1cc(C)c(C)c(NC(=O)[C@H]2CC=CCC2)c1. The summed E-state index contributed by atoms with van der Waals surface area (Å²) in [4.78, 5) is 12.8. The van der Waals surface area contributed by atoms with Crippen molar-refractivity contribution in [3.05, 3.63) is 35.4 Å². The van der Waals surface area contributed by atoms with E-state index in [-0.39, 0.29) is 16.7 Å². The first kappa shape index (κ1) is 19.7. The minimum atomic E-state index is -3.55. The van der Waals surface area contributed by atoms with E-state index in [0.717, 1.165) is 30.4 Å². The molecule has 6 heteroatoms. The molecule has 1 aliphatic rings. The fourth-order valence-electron chi connectivity index (χ4n) is 3.08. The summed E-state index contributed by atoms with van der Waals surface area (Å²) in [6.07, 6.45) is 6.61. The fourth-order valence-corrected chi connectivity index (χ4v) is 4.65. The number of nitrogens with one attached hydrogen (secondary N) is 1. The third-order valence-corrected chi connectivity index (χ3v) is 6.91. The number of hydrogen-bond donors (Lipinski definition) is 1. The molecule has 0 aromatic heterocycles. The van der Waals surface area contributed by atoms with Gasteiger partial charge in [-0.15, -0.1) is 0 Å². The van der Waals surface area contributed by atoms with Crippen molar-refractivity contribution >= 4 is 21.6 Å². The largest absolute Gasteiger partial charge is 0.326 e. The lowest BCUT2D eigenvalue weighted by Gasteiger charge is -2.22. The summed E-state index contributed by atoms with van der Waals surface area (Å²) in [6, 6.07) is 3.27. The highest BCUT2D eigenvalue weighted by Crippen LogP contribution is 2.28. The average molecular weight is 365 g/mol. The number of sulfonamides is 1. The quantitative estimate of drug-likeness (QED) is 0.784. The van der Waals surface area contributed by atoms with Gasteiger partial charge >= 0.3 is 0 Å². The van der Waals surface area contributed by atoms with Gasteiger partial charge in [-0.2, -0.15) is 4.31 Å². The van der Waals surface area contributed by atoms with Gasteiger partial charge in [0, 0.05) is 24.7 Å². The normalized spacial score (nSPS) is 17.7. The molecule has 25 heavy (non-hydrogen) atoms. The molecule has 138 valence electrons. The van der Waals surface area contributed by atoms with Crippen LogP contribution in [0.2, 0.25) is 0 Å². The zero-order chi connectivity index (χ0) is 18.6. The van der Waals surface area contributed by atoms with Crippen LogP contribution in [-0.2, 0) is 14.8 Å². The van der Waals surface area contributed by atoms with Crippen LogP contribution < -0.4 is 5.32 Å². The molecule has 1 aromatic rings. The first-order valence-electron chi connectivity index (χ1n) is 8.88. The number of hydrogen-bond acceptors (Lipinski definition) is 3. The van der Waals surface area contributed by atoms with Crippen LogP contribution >= 0.6 is 0 Å². The van der Waals surface area contributed by atoms with Crippen LogP contribution in [0.1, 0.15) is 44.2 Å². The Bertz CT molecular complexity index is 765. The van der Waals surface area contributed by atoms with Gasteiger partial charge in [-0.1, -0.05) is 26.0 Å². The second kappa shape index (κ2) is 8.15. The van der Waals surface area contributed by atoms with Crippen LogP contribution in [0.15, 0.2) is 29.2 Å². The van der Waals surface area contributed by atoms with E-state index in [1.807, 2.05) is 33.8 Å². The molecule has 2 rings (SSSR count). The number of carbonyl (C=O) groups excluding carboxylic acids is 1. The van der Waals surface area contributed by atoms with E-state index < -0.39 is 10.0 Å². The Morgan fingerprint density at radius 3 is 2.44 bits per heavy atom. The van der Waals surface area contributed by atoms with E-state index in [4.69, 9.17) is 0 Å². The summed E-state index contributed by atoms with van der Waals surface area (Å²) < 4.78 is 27.0. The highest BCUT2D eigenvalue weighted by molar-refractivity contribution is 7.89. The summed E-state index contributed by atoms with van der Waals surface area (Å²) in [5.41, 5.74) is 2.34. The van der Waals surface area contributed by atoms with Crippen LogP contribution in [0.5, 0.6) is 0 Å². The molecule has 0 fully saturated rings. The highest BCUT2D eigenvalue weighted by Gasteiger charge is 2.25. The molecule has 1 aliphatic carbocycles. The first-order valence-corrected chi connectivity index (χ1v) is 10.3. The molecule has 0 aliphatic heterocycles. The van der Waals surface area contributed by atoms with Gasteiger partial charge < -0.3 is 5.32 Å². The van der Waals surface area contributed by atoms with Crippen molar-refractivity contribution in [2.24, 2.45) is 5.92 Å². The first-order chi connectivity index (χ1) is 11.8. The van der Waals surface area contributed by atoms with Crippen molar-refractivity contribution in [1.82, 2.24) is 4.31 Å². The molecule has 1 atom stereocenters. The molecule has 0 spiro atoms. The van der Waals surface area contributed by atoms with E-state index in [9.17, 15) is 13.2 Å². The molecule has 0 heterocycles. The Balaban J connectivity index is 2.34. The lowest BCUT2D eigenvalue weighted by Crippen LogP contribution is -2.31. The summed E-state index contributed by atoms with van der Waals surface area (Å²) in [7, 11) is -3.55. The van der Waals surface area contributed by atoms with Crippen molar-refractivity contribution in [1.29, 1.82) is 0 Å². The third-order valence-electron chi connectivity index (χ3n) is 4.88. The van der Waals surface area contributed by atoms with Gasteiger partial charge in [0.05, 0.1) is 4.90 Å². The van der Waals surface area contributed by atoms with Crippen molar-refractivity contribution in [3.8, 4) is 0 Å². The molecular weight excluding hydrogens is 336 g/mol. The van der Waals surface area contributed by atoms with E-state index in [1.165, 1.54) is 4.31 Å².